The van der Waals surface area contributed by atoms with Crippen LogP contribution in [0.5, 0.6) is 23.0 Å². The van der Waals surface area contributed by atoms with Crippen LogP contribution in [0, 0.1) is 0 Å². The van der Waals surface area contributed by atoms with E-state index in [0.29, 0.717) is 42.4 Å². The van der Waals surface area contributed by atoms with Gasteiger partial charge in [-0.15, -0.1) is 0 Å². The fraction of sp³-hybridized carbons (Fsp3) is 0.458. The van der Waals surface area contributed by atoms with E-state index < -0.39 is 6.10 Å². The van der Waals surface area contributed by atoms with Gasteiger partial charge in [0.1, 0.15) is 0 Å². The van der Waals surface area contributed by atoms with Gasteiger partial charge in [0, 0.05) is 24.8 Å². The van der Waals surface area contributed by atoms with E-state index in [4.69, 9.17) is 18.9 Å². The minimum absolute atomic E-state index is 0.0614. The van der Waals surface area contributed by atoms with E-state index in [-0.39, 0.29) is 23.8 Å². The maximum absolute atomic E-state index is 12.5. The fourth-order valence-corrected chi connectivity index (χ4v) is 5.68. The summed E-state index contributed by atoms with van der Waals surface area (Å²) >= 11 is 0. The van der Waals surface area contributed by atoms with Crippen LogP contribution < -0.4 is 18.9 Å². The molecule has 1 amide bonds. The summed E-state index contributed by atoms with van der Waals surface area (Å²) in [5, 5.41) is 11.5. The Labute approximate surface area is 181 Å². The zero-order valence-corrected chi connectivity index (χ0v) is 18.2. The summed E-state index contributed by atoms with van der Waals surface area (Å²) in [7, 11) is 6.45. The number of ether oxygens (including phenoxy) is 4. The van der Waals surface area contributed by atoms with Gasteiger partial charge in [0.15, 0.2) is 23.0 Å². The Morgan fingerprint density at radius 3 is 1.94 bits per heavy atom. The number of hydrogen-bond donors (Lipinski definition) is 1. The Bertz CT molecular complexity index is 1050. The standard InChI is InChI=1S/C24H27NO6/c1-28-18-7-12-13-8-19(29-2)21(31-4)10-15(13)23-16(14(12)9-20(18)30-3)11-25-17(24(23)27)5-6-22(25)26/h7-10,16-17,23-24,27H,5-6,11H2,1-4H3/t16-,17-,23+,24+/m0/s1. The molecule has 1 N–H and O–H groups in total. The Kier molecular flexibility index (Phi) is 4.73. The van der Waals surface area contributed by atoms with E-state index in [0.717, 1.165) is 22.3 Å². The van der Waals surface area contributed by atoms with Crippen molar-refractivity contribution in [1.29, 1.82) is 0 Å². The largest absolute Gasteiger partial charge is 0.493 e. The van der Waals surface area contributed by atoms with Crippen molar-refractivity contribution in [3.05, 3.63) is 35.4 Å². The third-order valence-corrected chi connectivity index (χ3v) is 7.12. The quantitative estimate of drug-likeness (QED) is 0.812. The average molecular weight is 425 g/mol. The van der Waals surface area contributed by atoms with Gasteiger partial charge in [0.05, 0.1) is 40.6 Å². The van der Waals surface area contributed by atoms with Crippen molar-refractivity contribution < 1.29 is 28.8 Å². The lowest BCUT2D eigenvalue weighted by Crippen LogP contribution is -2.53. The molecule has 5 rings (SSSR count). The molecule has 3 aliphatic rings. The number of aliphatic hydroxyl groups is 1. The summed E-state index contributed by atoms with van der Waals surface area (Å²) < 4.78 is 22.3. The number of benzene rings is 2. The topological polar surface area (TPSA) is 77.5 Å². The Morgan fingerprint density at radius 1 is 0.839 bits per heavy atom. The van der Waals surface area contributed by atoms with Gasteiger partial charge in [-0.3, -0.25) is 4.79 Å². The molecule has 1 aliphatic carbocycles. The number of methoxy groups -OCH3 is 4. The molecule has 7 nitrogen and oxygen atoms in total. The van der Waals surface area contributed by atoms with E-state index >= 15 is 0 Å². The third kappa shape index (κ3) is 2.79. The highest BCUT2D eigenvalue weighted by Gasteiger charge is 2.51. The van der Waals surface area contributed by atoms with Crippen LogP contribution in [0.4, 0.5) is 0 Å². The van der Waals surface area contributed by atoms with Crippen LogP contribution in [0.3, 0.4) is 0 Å². The third-order valence-electron chi connectivity index (χ3n) is 7.12. The van der Waals surface area contributed by atoms with Gasteiger partial charge >= 0.3 is 0 Å². The molecule has 7 heteroatoms. The molecule has 2 aromatic carbocycles. The molecule has 2 heterocycles. The Balaban J connectivity index is 1.77. The van der Waals surface area contributed by atoms with Crippen LogP contribution >= 0.6 is 0 Å². The molecule has 2 aliphatic heterocycles. The molecule has 0 bridgehead atoms. The summed E-state index contributed by atoms with van der Waals surface area (Å²) in [6.45, 7) is 0.571. The van der Waals surface area contributed by atoms with E-state index in [1.165, 1.54) is 0 Å². The second kappa shape index (κ2) is 7.34. The molecule has 31 heavy (non-hydrogen) atoms. The van der Waals surface area contributed by atoms with E-state index in [9.17, 15) is 9.90 Å². The lowest BCUT2D eigenvalue weighted by Gasteiger charge is -2.48. The molecule has 0 aromatic heterocycles. The first-order valence-corrected chi connectivity index (χ1v) is 10.5. The summed E-state index contributed by atoms with van der Waals surface area (Å²) in [6, 6.07) is 7.74. The highest BCUT2D eigenvalue weighted by molar-refractivity contribution is 5.83. The first kappa shape index (κ1) is 20.0. The van der Waals surface area contributed by atoms with E-state index in [2.05, 4.69) is 0 Å². The maximum atomic E-state index is 12.5. The number of fused-ring (bicyclic) bond motifs is 7. The molecule has 0 unspecified atom stereocenters. The molecular weight excluding hydrogens is 398 g/mol. The van der Waals surface area contributed by atoms with Crippen LogP contribution in [-0.2, 0) is 4.79 Å². The number of aliphatic hydroxyl groups excluding tert-OH is 1. The van der Waals surface area contributed by atoms with Crippen molar-refractivity contribution in [1.82, 2.24) is 4.90 Å². The average Bonchev–Trinajstić information content (AvgIpc) is 3.18. The number of amides is 1. The van der Waals surface area contributed by atoms with Crippen LogP contribution in [0.1, 0.15) is 35.8 Å². The minimum atomic E-state index is -0.664. The van der Waals surface area contributed by atoms with Crippen LogP contribution in [0.2, 0.25) is 0 Å². The number of nitrogens with zero attached hydrogens (tertiary/aromatic N) is 1. The van der Waals surface area contributed by atoms with Crippen LogP contribution in [-0.4, -0.2) is 63.0 Å². The molecule has 0 spiro atoms. The number of piperidine rings is 1. The van der Waals surface area contributed by atoms with Crippen molar-refractivity contribution in [2.24, 2.45) is 0 Å². The van der Waals surface area contributed by atoms with Gasteiger partial charge in [-0.05, 0) is 52.9 Å². The van der Waals surface area contributed by atoms with Gasteiger partial charge in [-0.1, -0.05) is 0 Å². The first-order valence-electron chi connectivity index (χ1n) is 10.5. The maximum Gasteiger partial charge on any atom is 0.223 e. The number of rotatable bonds is 4. The highest BCUT2D eigenvalue weighted by atomic mass is 16.5. The molecule has 0 saturated carbocycles. The van der Waals surface area contributed by atoms with Crippen molar-refractivity contribution in [3.63, 3.8) is 0 Å². The van der Waals surface area contributed by atoms with Crippen molar-refractivity contribution in [2.45, 2.75) is 36.8 Å². The molecule has 2 fully saturated rings. The highest BCUT2D eigenvalue weighted by Crippen LogP contribution is 2.56. The van der Waals surface area contributed by atoms with Gasteiger partial charge in [-0.25, -0.2) is 0 Å². The summed E-state index contributed by atoms with van der Waals surface area (Å²) in [4.78, 5) is 14.4. The smallest absolute Gasteiger partial charge is 0.223 e. The molecule has 164 valence electrons. The number of hydrogen-bond acceptors (Lipinski definition) is 6. The summed E-state index contributed by atoms with van der Waals surface area (Å²) in [6.07, 6.45) is 0.506. The van der Waals surface area contributed by atoms with Gasteiger partial charge in [-0.2, -0.15) is 0 Å². The first-order chi connectivity index (χ1) is 15.0. The lowest BCUT2D eigenvalue weighted by molar-refractivity contribution is -0.133. The molecule has 4 atom stereocenters. The van der Waals surface area contributed by atoms with Gasteiger partial charge in [0.2, 0.25) is 5.91 Å². The molecule has 0 radical (unpaired) electrons. The Morgan fingerprint density at radius 2 is 1.35 bits per heavy atom. The van der Waals surface area contributed by atoms with Crippen molar-refractivity contribution in [3.8, 4) is 34.1 Å². The Hall–Kier alpha value is -2.93. The van der Waals surface area contributed by atoms with Gasteiger partial charge in [0.25, 0.3) is 0 Å². The zero-order chi connectivity index (χ0) is 21.9. The van der Waals surface area contributed by atoms with E-state index in [1.54, 1.807) is 28.4 Å². The number of carbonyl (C=O) groups excluding carboxylic acids is 1. The predicted molar refractivity (Wildman–Crippen MR) is 114 cm³/mol. The summed E-state index contributed by atoms with van der Waals surface area (Å²) in [5.74, 6) is 2.41. The second-order valence-corrected chi connectivity index (χ2v) is 8.36. The molecule has 2 saturated heterocycles. The monoisotopic (exact) mass is 425 g/mol. The van der Waals surface area contributed by atoms with Crippen molar-refractivity contribution >= 4 is 5.91 Å². The second-order valence-electron chi connectivity index (χ2n) is 8.36. The predicted octanol–water partition coefficient (Wildman–Crippen LogP) is 2.93. The van der Waals surface area contributed by atoms with Crippen LogP contribution in [0.25, 0.3) is 11.1 Å². The fourth-order valence-electron chi connectivity index (χ4n) is 5.68. The van der Waals surface area contributed by atoms with E-state index in [1.807, 2.05) is 29.2 Å². The molecule has 2 aromatic rings. The van der Waals surface area contributed by atoms with Gasteiger partial charge < -0.3 is 29.0 Å². The van der Waals surface area contributed by atoms with Crippen molar-refractivity contribution in [2.75, 3.05) is 35.0 Å². The molecular formula is C24H27NO6. The van der Waals surface area contributed by atoms with Crippen LogP contribution in [0.15, 0.2) is 24.3 Å². The number of carbonyl (C=O) groups is 1. The summed E-state index contributed by atoms with van der Waals surface area (Å²) in [5.41, 5.74) is 4.02. The lowest BCUT2D eigenvalue weighted by atomic mass is 9.65. The normalized spacial score (nSPS) is 25.8. The zero-order valence-electron chi connectivity index (χ0n) is 18.2. The minimum Gasteiger partial charge on any atom is -0.493 e. The SMILES string of the molecule is COc1cc2c(cc1OC)[C@H]1[C@H](O)[C@@H]3CCC(=O)N3C[C@H]1c1cc(OC)c(OC)cc1-2.